The minimum absolute atomic E-state index is 0.0350. The zero-order chi connectivity index (χ0) is 21.7. The van der Waals surface area contributed by atoms with Crippen LogP contribution in [0.5, 0.6) is 28.7 Å². The van der Waals surface area contributed by atoms with Crippen LogP contribution >= 0.6 is 0 Å². The minimum atomic E-state index is -0.561. The molecule has 0 saturated heterocycles. The van der Waals surface area contributed by atoms with Crippen molar-refractivity contribution in [1.29, 1.82) is 0 Å². The number of phenols is 1. The number of aromatic hydroxyl groups is 1. The quantitative estimate of drug-likeness (QED) is 0.525. The highest BCUT2D eigenvalue weighted by Crippen LogP contribution is 2.39. The molecule has 1 aromatic heterocycles. The van der Waals surface area contributed by atoms with E-state index in [1.54, 1.807) is 18.2 Å². The lowest BCUT2D eigenvalue weighted by atomic mass is 10.1. The van der Waals surface area contributed by atoms with Gasteiger partial charge in [0.05, 0.1) is 14.2 Å². The van der Waals surface area contributed by atoms with E-state index in [1.165, 1.54) is 40.6 Å². The van der Waals surface area contributed by atoms with Crippen molar-refractivity contribution >= 4 is 11.0 Å². The van der Waals surface area contributed by atoms with Gasteiger partial charge in [-0.15, -0.1) is 0 Å². The molecule has 9 heteroatoms. The largest absolute Gasteiger partial charge is 0.507 e. The molecule has 0 aliphatic rings. The monoisotopic (exact) mass is 418 g/mol. The Morgan fingerprint density at radius 2 is 1.60 bits per heavy atom. The van der Waals surface area contributed by atoms with Crippen LogP contribution in [0.4, 0.5) is 0 Å². The molecule has 160 valence electrons. The summed E-state index contributed by atoms with van der Waals surface area (Å²) in [5.74, 6) is 0.931. The summed E-state index contributed by atoms with van der Waals surface area (Å²) >= 11 is 0. The van der Waals surface area contributed by atoms with E-state index in [2.05, 4.69) is 0 Å². The van der Waals surface area contributed by atoms with Crippen LogP contribution in [-0.2, 0) is 9.47 Å². The number of benzene rings is 2. The van der Waals surface area contributed by atoms with Gasteiger partial charge in [-0.05, 0) is 18.2 Å². The summed E-state index contributed by atoms with van der Waals surface area (Å²) in [6.45, 7) is -0.223. The topological polar surface area (TPSA) is 106 Å². The van der Waals surface area contributed by atoms with Crippen molar-refractivity contribution in [2.24, 2.45) is 0 Å². The maximum atomic E-state index is 13.1. The van der Waals surface area contributed by atoms with Gasteiger partial charge in [0.1, 0.15) is 22.5 Å². The molecule has 0 aliphatic heterocycles. The van der Waals surface area contributed by atoms with E-state index in [0.29, 0.717) is 17.1 Å². The number of phenolic OH excluding ortho intramolecular Hbond substituents is 1. The average molecular weight is 418 g/mol. The van der Waals surface area contributed by atoms with Crippen LogP contribution in [0, 0.1) is 0 Å². The molecular formula is C21H22O9. The molecule has 3 rings (SSSR count). The summed E-state index contributed by atoms with van der Waals surface area (Å²) in [7, 11) is 5.91. The maximum Gasteiger partial charge on any atom is 0.239 e. The molecule has 0 spiro atoms. The number of hydrogen-bond donors (Lipinski definition) is 1. The van der Waals surface area contributed by atoms with Crippen molar-refractivity contribution in [3.8, 4) is 40.1 Å². The fourth-order valence-electron chi connectivity index (χ4n) is 2.88. The Hall–Kier alpha value is -3.43. The van der Waals surface area contributed by atoms with Gasteiger partial charge in [0.2, 0.25) is 11.2 Å². The van der Waals surface area contributed by atoms with Crippen LogP contribution in [-0.4, -0.2) is 47.1 Å². The van der Waals surface area contributed by atoms with Gasteiger partial charge in [-0.3, -0.25) is 4.79 Å². The van der Waals surface area contributed by atoms with Crippen LogP contribution in [0.15, 0.2) is 39.5 Å². The fraction of sp³-hybridized carbons (Fsp3) is 0.286. The first-order valence-electron chi connectivity index (χ1n) is 8.83. The van der Waals surface area contributed by atoms with Crippen molar-refractivity contribution in [3.63, 3.8) is 0 Å². The lowest BCUT2D eigenvalue weighted by molar-refractivity contribution is 0.0495. The van der Waals surface area contributed by atoms with Gasteiger partial charge in [0, 0.05) is 31.9 Å². The summed E-state index contributed by atoms with van der Waals surface area (Å²) in [6.07, 6.45) is 0. The molecular weight excluding hydrogens is 396 g/mol. The van der Waals surface area contributed by atoms with Gasteiger partial charge in [-0.1, -0.05) is 0 Å². The highest BCUT2D eigenvalue weighted by atomic mass is 16.7. The summed E-state index contributed by atoms with van der Waals surface area (Å²) < 4.78 is 37.2. The van der Waals surface area contributed by atoms with E-state index in [0.717, 1.165) is 0 Å². The van der Waals surface area contributed by atoms with Crippen molar-refractivity contribution < 1.29 is 37.9 Å². The minimum Gasteiger partial charge on any atom is -0.507 e. The Labute approximate surface area is 172 Å². The summed E-state index contributed by atoms with van der Waals surface area (Å²) in [4.78, 5) is 13.1. The Morgan fingerprint density at radius 3 is 2.27 bits per heavy atom. The van der Waals surface area contributed by atoms with E-state index in [1.807, 2.05) is 0 Å². The molecule has 3 aromatic rings. The number of ether oxygens (including phenoxy) is 6. The molecule has 0 amide bonds. The lowest BCUT2D eigenvalue weighted by Gasteiger charge is -2.14. The molecule has 1 N–H and O–H groups in total. The molecule has 1 heterocycles. The lowest BCUT2D eigenvalue weighted by Crippen LogP contribution is -2.12. The van der Waals surface area contributed by atoms with Gasteiger partial charge >= 0.3 is 0 Å². The van der Waals surface area contributed by atoms with Crippen molar-refractivity contribution in [2.45, 2.75) is 0 Å². The van der Waals surface area contributed by atoms with Crippen molar-refractivity contribution in [3.05, 3.63) is 40.6 Å². The second-order valence-corrected chi connectivity index (χ2v) is 6.08. The van der Waals surface area contributed by atoms with Gasteiger partial charge < -0.3 is 37.9 Å². The van der Waals surface area contributed by atoms with Gasteiger partial charge in [-0.2, -0.15) is 0 Å². The van der Waals surface area contributed by atoms with Crippen LogP contribution in [0.2, 0.25) is 0 Å². The number of methoxy groups -OCH3 is 4. The standard InChI is InChI=1S/C21H22O9/c1-24-10-28-13-8-14(22)18-17(9-13)30-20(21(19(18)23)29-11-25-2)12-5-6-15(26-3)16(7-12)27-4/h5-9,22H,10-11H2,1-4H3. The maximum absolute atomic E-state index is 13.1. The van der Waals surface area contributed by atoms with Gasteiger partial charge in [-0.25, -0.2) is 0 Å². The van der Waals surface area contributed by atoms with Gasteiger partial charge in [0.15, 0.2) is 30.8 Å². The smallest absolute Gasteiger partial charge is 0.239 e. The third-order valence-electron chi connectivity index (χ3n) is 4.22. The Kier molecular flexibility index (Phi) is 6.65. The Bertz CT molecular complexity index is 1090. The number of rotatable bonds is 9. The highest BCUT2D eigenvalue weighted by Gasteiger charge is 2.22. The SMILES string of the molecule is COCOc1cc(O)c2c(=O)c(OCOC)c(-c3ccc(OC)c(OC)c3)oc2c1. The van der Waals surface area contributed by atoms with E-state index >= 15 is 0 Å². The number of fused-ring (bicyclic) bond motifs is 1. The molecule has 0 unspecified atom stereocenters. The summed E-state index contributed by atoms with van der Waals surface area (Å²) in [6, 6.07) is 7.80. The molecule has 0 bridgehead atoms. The van der Waals surface area contributed by atoms with E-state index in [9.17, 15) is 9.90 Å². The molecule has 2 aromatic carbocycles. The van der Waals surface area contributed by atoms with Crippen LogP contribution in [0.25, 0.3) is 22.3 Å². The molecule has 0 saturated carbocycles. The first-order valence-corrected chi connectivity index (χ1v) is 8.83. The molecule has 0 atom stereocenters. The normalized spacial score (nSPS) is 10.8. The van der Waals surface area contributed by atoms with Crippen molar-refractivity contribution in [2.75, 3.05) is 42.0 Å². The van der Waals surface area contributed by atoms with Crippen LogP contribution < -0.4 is 24.4 Å². The van der Waals surface area contributed by atoms with Crippen molar-refractivity contribution in [1.82, 2.24) is 0 Å². The summed E-state index contributed by atoms with van der Waals surface area (Å²) in [5, 5.41) is 10.3. The highest BCUT2D eigenvalue weighted by molar-refractivity contribution is 5.88. The zero-order valence-corrected chi connectivity index (χ0v) is 17.0. The first kappa shape index (κ1) is 21.3. The Balaban J connectivity index is 2.26. The van der Waals surface area contributed by atoms with Gasteiger partial charge in [0.25, 0.3) is 0 Å². The average Bonchev–Trinajstić information content (AvgIpc) is 2.76. The molecule has 0 aliphatic carbocycles. The zero-order valence-electron chi connectivity index (χ0n) is 17.0. The second kappa shape index (κ2) is 9.38. The second-order valence-electron chi connectivity index (χ2n) is 6.08. The third-order valence-corrected chi connectivity index (χ3v) is 4.22. The molecule has 0 radical (unpaired) electrons. The number of hydrogen-bond acceptors (Lipinski definition) is 9. The predicted octanol–water partition coefficient (Wildman–Crippen LogP) is 3.15. The van der Waals surface area contributed by atoms with E-state index < -0.39 is 5.43 Å². The fourth-order valence-corrected chi connectivity index (χ4v) is 2.88. The Morgan fingerprint density at radius 1 is 0.900 bits per heavy atom. The predicted molar refractivity (Wildman–Crippen MR) is 108 cm³/mol. The molecule has 0 fully saturated rings. The molecule has 9 nitrogen and oxygen atoms in total. The molecule has 30 heavy (non-hydrogen) atoms. The van der Waals surface area contributed by atoms with Crippen LogP contribution in [0.1, 0.15) is 0 Å². The van der Waals surface area contributed by atoms with E-state index in [-0.39, 0.29) is 47.6 Å². The summed E-state index contributed by atoms with van der Waals surface area (Å²) in [5.41, 5.74) is 0.0509. The van der Waals surface area contributed by atoms with Crippen LogP contribution in [0.3, 0.4) is 0 Å². The third kappa shape index (κ3) is 4.12. The first-order chi connectivity index (χ1) is 14.5. The van der Waals surface area contributed by atoms with E-state index in [4.69, 9.17) is 32.8 Å².